The number of rotatable bonds is 0. The Morgan fingerprint density at radius 3 is 2.69 bits per heavy atom. The fourth-order valence-electron chi connectivity index (χ4n) is 4.64. The van der Waals surface area contributed by atoms with Gasteiger partial charge >= 0.3 is 0 Å². The highest BCUT2D eigenvalue weighted by Crippen LogP contribution is 2.71. The fourth-order valence-corrected chi connectivity index (χ4v) is 4.64. The average Bonchev–Trinajstić information content (AvgIpc) is 2.66. The van der Waals surface area contributed by atoms with Gasteiger partial charge in [-0.05, 0) is 25.2 Å². The third-order valence-electron chi connectivity index (χ3n) is 5.72. The van der Waals surface area contributed by atoms with Crippen molar-refractivity contribution < 1.29 is 9.53 Å². The molecule has 3 aliphatic rings. The summed E-state index contributed by atoms with van der Waals surface area (Å²) in [6, 6.07) is 0. The first-order valence-electron chi connectivity index (χ1n) is 6.29. The van der Waals surface area contributed by atoms with Crippen LogP contribution in [0, 0.1) is 16.7 Å². The first-order chi connectivity index (χ1) is 7.41. The lowest BCUT2D eigenvalue weighted by molar-refractivity contribution is -0.166. The van der Waals surface area contributed by atoms with E-state index in [0.717, 1.165) is 5.92 Å². The predicted molar refractivity (Wildman–Crippen MR) is 61.8 cm³/mol. The molecule has 1 heterocycles. The summed E-state index contributed by atoms with van der Waals surface area (Å²) >= 11 is 0. The number of fused-ring (bicyclic) bond motifs is 3. The van der Waals surface area contributed by atoms with E-state index in [1.54, 1.807) is 12.3 Å². The molecule has 0 aromatic heterocycles. The monoisotopic (exact) mass is 220 g/mol. The van der Waals surface area contributed by atoms with E-state index < -0.39 is 0 Å². The van der Waals surface area contributed by atoms with E-state index in [0.29, 0.717) is 6.42 Å². The molecule has 2 aliphatic carbocycles. The van der Waals surface area contributed by atoms with Crippen LogP contribution in [0.15, 0.2) is 12.3 Å². The minimum Gasteiger partial charge on any atom is -0.493 e. The molecule has 0 radical (unpaired) electrons. The average molecular weight is 220 g/mol. The molecule has 2 fully saturated rings. The van der Waals surface area contributed by atoms with E-state index in [9.17, 15) is 4.79 Å². The molecule has 1 aliphatic heterocycles. The van der Waals surface area contributed by atoms with Crippen LogP contribution in [-0.2, 0) is 9.53 Å². The summed E-state index contributed by atoms with van der Waals surface area (Å²) in [6.45, 7) is 6.89. The van der Waals surface area contributed by atoms with Crippen molar-refractivity contribution in [2.24, 2.45) is 16.7 Å². The zero-order chi connectivity index (χ0) is 11.6. The van der Waals surface area contributed by atoms with E-state index in [1.807, 2.05) is 0 Å². The van der Waals surface area contributed by atoms with Crippen LogP contribution in [0.25, 0.3) is 0 Å². The van der Waals surface area contributed by atoms with Crippen LogP contribution >= 0.6 is 0 Å². The standard InChI is InChI=1S/C14H20O2/c1-12(2)10-4-6-13(3,8-10)14(12)9-11(15)5-7-16-14/h5,7,10H,4,6,8-9H2,1-3H3/t10-,13+,14+/m0/s1. The van der Waals surface area contributed by atoms with Crippen molar-refractivity contribution in [1.82, 2.24) is 0 Å². The van der Waals surface area contributed by atoms with Crippen LogP contribution in [0.2, 0.25) is 0 Å². The van der Waals surface area contributed by atoms with Crippen molar-refractivity contribution in [1.29, 1.82) is 0 Å². The van der Waals surface area contributed by atoms with Crippen LogP contribution in [0.1, 0.15) is 46.5 Å². The summed E-state index contributed by atoms with van der Waals surface area (Å²) in [6.07, 6.45) is 7.52. The maximum atomic E-state index is 11.8. The van der Waals surface area contributed by atoms with Gasteiger partial charge in [0.1, 0.15) is 5.60 Å². The molecule has 16 heavy (non-hydrogen) atoms. The van der Waals surface area contributed by atoms with Crippen LogP contribution in [-0.4, -0.2) is 11.4 Å². The van der Waals surface area contributed by atoms with Gasteiger partial charge in [-0.3, -0.25) is 4.79 Å². The Kier molecular flexibility index (Phi) is 1.76. The third-order valence-corrected chi connectivity index (χ3v) is 5.72. The number of hydrogen-bond acceptors (Lipinski definition) is 2. The highest BCUT2D eigenvalue weighted by atomic mass is 16.5. The minimum absolute atomic E-state index is 0.125. The van der Waals surface area contributed by atoms with Gasteiger partial charge in [0, 0.05) is 16.9 Å². The van der Waals surface area contributed by atoms with Crippen molar-refractivity contribution in [2.45, 2.75) is 52.1 Å². The number of ketones is 1. The van der Waals surface area contributed by atoms with Crippen molar-refractivity contribution >= 4 is 5.78 Å². The molecule has 0 aromatic carbocycles. The van der Waals surface area contributed by atoms with Gasteiger partial charge in [-0.15, -0.1) is 0 Å². The second-order valence-electron chi connectivity index (χ2n) is 6.61. The van der Waals surface area contributed by atoms with Crippen molar-refractivity contribution in [3.63, 3.8) is 0 Å². The molecule has 0 N–H and O–H groups in total. The lowest BCUT2D eigenvalue weighted by atomic mass is 9.58. The normalized spacial score (nSPS) is 48.7. The molecule has 0 unspecified atom stereocenters. The Balaban J connectivity index is 2.11. The Morgan fingerprint density at radius 2 is 2.12 bits per heavy atom. The molecular formula is C14H20O2. The maximum absolute atomic E-state index is 11.8. The summed E-state index contributed by atoms with van der Waals surface area (Å²) in [4.78, 5) is 11.8. The summed E-state index contributed by atoms with van der Waals surface area (Å²) in [5, 5.41) is 0. The van der Waals surface area contributed by atoms with Gasteiger partial charge in [0.15, 0.2) is 5.78 Å². The second-order valence-corrected chi connectivity index (χ2v) is 6.61. The van der Waals surface area contributed by atoms with E-state index in [1.165, 1.54) is 19.3 Å². The van der Waals surface area contributed by atoms with Crippen molar-refractivity contribution in [2.75, 3.05) is 0 Å². The Hall–Kier alpha value is -0.790. The van der Waals surface area contributed by atoms with Gasteiger partial charge in [0.2, 0.25) is 0 Å². The van der Waals surface area contributed by atoms with Gasteiger partial charge in [0.05, 0.1) is 12.7 Å². The maximum Gasteiger partial charge on any atom is 0.162 e. The Morgan fingerprint density at radius 1 is 1.38 bits per heavy atom. The quantitative estimate of drug-likeness (QED) is 0.627. The SMILES string of the molecule is CC1(C)[C@H]2CC[C@](C)(C2)[C@@]12CC(=O)C=CO2. The van der Waals surface area contributed by atoms with Crippen LogP contribution in [0.5, 0.6) is 0 Å². The zero-order valence-electron chi connectivity index (χ0n) is 10.4. The van der Waals surface area contributed by atoms with Crippen LogP contribution in [0.3, 0.4) is 0 Å². The molecular weight excluding hydrogens is 200 g/mol. The summed E-state index contributed by atoms with van der Waals surface area (Å²) < 4.78 is 6.05. The molecule has 3 atom stereocenters. The molecule has 0 saturated heterocycles. The topological polar surface area (TPSA) is 26.3 Å². The molecule has 0 aromatic rings. The molecule has 3 rings (SSSR count). The predicted octanol–water partition coefficient (Wildman–Crippen LogP) is 3.07. The number of carbonyl (C=O) groups is 1. The highest BCUT2D eigenvalue weighted by Gasteiger charge is 2.71. The van der Waals surface area contributed by atoms with Gasteiger partial charge in [-0.1, -0.05) is 20.8 Å². The molecule has 2 heteroatoms. The van der Waals surface area contributed by atoms with Crippen molar-refractivity contribution in [3.8, 4) is 0 Å². The number of allylic oxidation sites excluding steroid dienone is 1. The highest BCUT2D eigenvalue weighted by molar-refractivity contribution is 5.91. The first-order valence-corrected chi connectivity index (χ1v) is 6.29. The van der Waals surface area contributed by atoms with Gasteiger partial charge in [0.25, 0.3) is 0 Å². The van der Waals surface area contributed by atoms with Crippen LogP contribution < -0.4 is 0 Å². The van der Waals surface area contributed by atoms with Crippen molar-refractivity contribution in [3.05, 3.63) is 12.3 Å². The van der Waals surface area contributed by atoms with E-state index in [4.69, 9.17) is 4.74 Å². The summed E-state index contributed by atoms with van der Waals surface area (Å²) in [5.41, 5.74) is 0.0801. The molecule has 88 valence electrons. The summed E-state index contributed by atoms with van der Waals surface area (Å²) in [5.74, 6) is 0.949. The number of hydrogen-bond donors (Lipinski definition) is 0. The smallest absolute Gasteiger partial charge is 0.162 e. The minimum atomic E-state index is -0.241. The zero-order valence-corrected chi connectivity index (χ0v) is 10.4. The molecule has 1 spiro atoms. The lowest BCUT2D eigenvalue weighted by Gasteiger charge is -2.53. The van der Waals surface area contributed by atoms with Crippen LogP contribution in [0.4, 0.5) is 0 Å². The molecule has 0 amide bonds. The second kappa shape index (κ2) is 2.72. The summed E-state index contributed by atoms with van der Waals surface area (Å²) in [7, 11) is 0. The fraction of sp³-hybridized carbons (Fsp3) is 0.786. The Labute approximate surface area is 97.1 Å². The number of carbonyl (C=O) groups excluding carboxylic acids is 1. The lowest BCUT2D eigenvalue weighted by Crippen LogP contribution is -2.57. The van der Waals surface area contributed by atoms with Gasteiger partial charge in [-0.2, -0.15) is 0 Å². The first kappa shape index (κ1) is 10.4. The molecule has 2 nitrogen and oxygen atoms in total. The molecule has 2 bridgehead atoms. The van der Waals surface area contributed by atoms with E-state index in [-0.39, 0.29) is 22.2 Å². The van der Waals surface area contributed by atoms with E-state index in [2.05, 4.69) is 20.8 Å². The Bertz CT molecular complexity index is 375. The number of ether oxygens (including phenoxy) is 1. The third kappa shape index (κ3) is 0.922. The van der Waals surface area contributed by atoms with E-state index >= 15 is 0 Å². The largest absolute Gasteiger partial charge is 0.493 e. The van der Waals surface area contributed by atoms with Gasteiger partial charge in [-0.25, -0.2) is 0 Å². The molecule has 2 saturated carbocycles. The van der Waals surface area contributed by atoms with Gasteiger partial charge < -0.3 is 4.74 Å².